The Balaban J connectivity index is 1.09. The summed E-state index contributed by atoms with van der Waals surface area (Å²) >= 11 is 1.40. The van der Waals surface area contributed by atoms with Gasteiger partial charge in [-0.25, -0.2) is 5.26 Å². The van der Waals surface area contributed by atoms with Gasteiger partial charge in [-0.05, 0) is 61.1 Å². The number of aromatic nitrogens is 2. The van der Waals surface area contributed by atoms with E-state index < -0.39 is 177 Å². The number of benzene rings is 3. The van der Waals surface area contributed by atoms with Crippen molar-refractivity contribution in [2.45, 2.75) is 150 Å². The van der Waals surface area contributed by atoms with E-state index in [1.54, 1.807) is 12.1 Å². The molecular formula is C56H70N10O19S2. The fraction of sp³-hybridized carbons (Fsp3) is 0.500. The molecule has 87 heavy (non-hydrogen) atoms. The number of phenolic OH excluding ortho intramolecular Hbond substituents is 1. The maximum Gasteiger partial charge on any atom is 0.261 e. The minimum absolute atomic E-state index is 0.0216. The van der Waals surface area contributed by atoms with E-state index in [1.165, 1.54) is 61.3 Å². The van der Waals surface area contributed by atoms with E-state index in [0.29, 0.717) is 21.5 Å². The van der Waals surface area contributed by atoms with Gasteiger partial charge >= 0.3 is 0 Å². The van der Waals surface area contributed by atoms with Crippen LogP contribution in [0.1, 0.15) is 92.6 Å². The standard InChI is InChI=1S/C56H70N10O19S2/c1-26-24-66-46(47(26)74)52(79)58-23-34(68)20-36(59-48(75)31-11-15-33(16-12-31)54-64-63-53(86-54)32-13-9-30(10-14-32)29-6-4-3-5-7-29)49(76)60-43(27(2)67)55(80)65-25-35(69)21-37(65)50(77)61-44(51(78)62-45(56(66)81)40(72)22-42(57)73)39(71)18-28-8-17-38(70)41(19-28)83-87-85-84-82/h8-17,19,26-27,29,34-37,39-40,43-47,67-72,74,82H,3-7,18,20-25H2,1-2H3,(H2,57,73)(H,58,79)(H,59,75)(H,60,76)(H,61,77)(H,62,78). The van der Waals surface area contributed by atoms with Crippen molar-refractivity contribution in [3.8, 4) is 32.6 Å². The Morgan fingerprint density at radius 2 is 1.40 bits per heavy atom. The molecule has 8 rings (SSSR count). The van der Waals surface area contributed by atoms with Gasteiger partial charge in [0.25, 0.3) is 18.2 Å². The molecule has 470 valence electrons. The Hall–Kier alpha value is -7.43. The van der Waals surface area contributed by atoms with Gasteiger partial charge in [0.1, 0.15) is 46.3 Å². The zero-order chi connectivity index (χ0) is 62.8. The van der Waals surface area contributed by atoms with Gasteiger partial charge in [-0.1, -0.05) is 89.4 Å². The lowest BCUT2D eigenvalue weighted by atomic mass is 9.84. The number of carbonyl (C=O) groups excluding carboxylic acids is 8. The van der Waals surface area contributed by atoms with E-state index in [4.69, 9.17) is 15.2 Å². The number of nitrogens with zero attached hydrogens (tertiary/aromatic N) is 4. The molecule has 4 heterocycles. The van der Waals surface area contributed by atoms with Crippen molar-refractivity contribution in [1.82, 2.24) is 46.6 Å². The molecular weight excluding hydrogens is 1180 g/mol. The van der Waals surface area contributed by atoms with Gasteiger partial charge in [-0.2, -0.15) is 0 Å². The number of aliphatic hydroxyl groups excluding tert-OH is 6. The molecule has 29 nitrogen and oxygen atoms in total. The van der Waals surface area contributed by atoms with Crippen LogP contribution in [0.15, 0.2) is 66.7 Å². The van der Waals surface area contributed by atoms with Crippen molar-refractivity contribution < 1.29 is 92.9 Å². The van der Waals surface area contributed by atoms with Gasteiger partial charge in [0.05, 0.1) is 43.0 Å². The van der Waals surface area contributed by atoms with E-state index in [9.17, 15) is 74.1 Å². The molecule has 1 aliphatic carbocycles. The quantitative estimate of drug-likeness (QED) is 0.0271. The smallest absolute Gasteiger partial charge is 0.261 e. The van der Waals surface area contributed by atoms with Crippen molar-refractivity contribution in [3.05, 3.63) is 83.4 Å². The predicted octanol–water partition coefficient (Wildman–Crippen LogP) is -1.19. The third kappa shape index (κ3) is 16.2. The van der Waals surface area contributed by atoms with Crippen LogP contribution in [-0.4, -0.2) is 201 Å². The van der Waals surface area contributed by atoms with Crippen LogP contribution in [0.25, 0.3) is 21.1 Å². The summed E-state index contributed by atoms with van der Waals surface area (Å²) < 4.78 is 9.30. The minimum atomic E-state index is -2.21. The topological polar surface area (TPSA) is 445 Å². The van der Waals surface area contributed by atoms with Gasteiger partial charge in [0.15, 0.2) is 11.5 Å². The van der Waals surface area contributed by atoms with E-state index in [1.807, 2.05) is 12.1 Å². The number of phenols is 1. The highest BCUT2D eigenvalue weighted by molar-refractivity contribution is 7.90. The molecule has 31 heteroatoms. The van der Waals surface area contributed by atoms with Gasteiger partial charge in [0, 0.05) is 61.5 Å². The molecule has 4 aromatic rings. The molecule has 0 bridgehead atoms. The van der Waals surface area contributed by atoms with Crippen LogP contribution in [0.3, 0.4) is 0 Å². The molecule has 4 aliphatic rings. The van der Waals surface area contributed by atoms with Crippen LogP contribution in [0.2, 0.25) is 0 Å². The van der Waals surface area contributed by atoms with Crippen molar-refractivity contribution in [2.75, 3.05) is 19.6 Å². The maximum atomic E-state index is 14.7. The number of fused-ring (bicyclic) bond motifs is 2. The average molecular weight is 1250 g/mol. The highest BCUT2D eigenvalue weighted by Crippen LogP contribution is 2.36. The largest absolute Gasteiger partial charge is 0.504 e. The number of primary amides is 1. The first-order valence-electron chi connectivity index (χ1n) is 28.2. The Morgan fingerprint density at radius 3 is 2.05 bits per heavy atom. The number of nitrogens with two attached hydrogens (primary N) is 1. The van der Waals surface area contributed by atoms with Crippen molar-refractivity contribution >= 4 is 70.9 Å². The van der Waals surface area contributed by atoms with Gasteiger partial charge in [0.2, 0.25) is 41.4 Å². The molecule has 1 saturated carbocycles. The molecule has 0 spiro atoms. The van der Waals surface area contributed by atoms with Crippen LogP contribution in [-0.2, 0) is 49.4 Å². The number of hydrogen-bond acceptors (Lipinski definition) is 23. The first-order chi connectivity index (χ1) is 41.5. The summed E-state index contributed by atoms with van der Waals surface area (Å²) in [5.74, 6) is -10.5. The molecule has 8 amide bonds. The van der Waals surface area contributed by atoms with Crippen LogP contribution < -0.4 is 36.5 Å². The number of nitrogens with one attached hydrogen (secondary N) is 5. The maximum absolute atomic E-state index is 14.7. The van der Waals surface area contributed by atoms with Crippen molar-refractivity contribution in [1.29, 1.82) is 0 Å². The SMILES string of the molecule is CC(O)C1NC(=O)C(NC(=O)c2ccc(-c3nnc(-c4ccc(C5CCCCC5)cc4)s3)cc2)CC(O)CNC(=O)C2C(O)C(C)CN2C(=O)C(C(O)CC(N)=O)NC(=O)C(C(O)Cc2ccc(O)c(OSOOO)c2)NC(=O)C2CC(O)CN2C1=O. The number of amides is 8. The molecule has 3 saturated heterocycles. The fourth-order valence-corrected chi connectivity index (χ4v) is 12.3. The lowest BCUT2D eigenvalue weighted by Crippen LogP contribution is -2.64. The number of hydrogen-bond donors (Lipinski definition) is 14. The molecule has 3 aliphatic heterocycles. The Morgan fingerprint density at radius 1 is 0.770 bits per heavy atom. The fourth-order valence-electron chi connectivity index (χ4n) is 11.2. The molecule has 4 fully saturated rings. The molecule has 13 unspecified atom stereocenters. The monoisotopic (exact) mass is 1250 g/mol. The summed E-state index contributed by atoms with van der Waals surface area (Å²) in [7, 11) is 0. The van der Waals surface area contributed by atoms with Crippen LogP contribution in [0.5, 0.6) is 11.5 Å². The first-order valence-corrected chi connectivity index (χ1v) is 29.6. The summed E-state index contributed by atoms with van der Waals surface area (Å²) in [6, 6.07) is 6.32. The van der Waals surface area contributed by atoms with E-state index in [-0.39, 0.29) is 29.2 Å². The van der Waals surface area contributed by atoms with E-state index in [2.05, 4.69) is 58.3 Å². The minimum Gasteiger partial charge on any atom is -0.504 e. The molecule has 15 N–H and O–H groups in total. The van der Waals surface area contributed by atoms with Crippen molar-refractivity contribution in [2.24, 2.45) is 11.7 Å². The molecule has 3 aromatic carbocycles. The second-order valence-corrected chi connectivity index (χ2v) is 23.6. The van der Waals surface area contributed by atoms with Crippen molar-refractivity contribution in [3.63, 3.8) is 0 Å². The number of β-amino-alcohol motifs (C(OH)–C–C–N with tert-alkyl or cyclic N) is 1. The lowest BCUT2D eigenvalue weighted by Gasteiger charge is -2.33. The number of aromatic hydroxyl groups is 1. The lowest BCUT2D eigenvalue weighted by molar-refractivity contribution is -0.433. The average Bonchev–Trinajstić information content (AvgIpc) is 2.30. The number of rotatable bonds is 16. The zero-order valence-electron chi connectivity index (χ0n) is 47.2. The second kappa shape index (κ2) is 29.5. The zero-order valence-corrected chi connectivity index (χ0v) is 48.8. The Bertz CT molecular complexity index is 3120. The van der Waals surface area contributed by atoms with Crippen LogP contribution in [0, 0.1) is 5.92 Å². The Kier molecular flexibility index (Phi) is 22.2. The predicted molar refractivity (Wildman–Crippen MR) is 306 cm³/mol. The number of carbonyl (C=O) groups is 8. The molecule has 13 atom stereocenters. The first kappa shape index (κ1) is 65.5. The Labute approximate surface area is 506 Å². The molecule has 0 radical (unpaired) electrons. The van der Waals surface area contributed by atoms with Gasteiger partial charge in [-0.15, -0.1) is 10.2 Å². The summed E-state index contributed by atoms with van der Waals surface area (Å²) in [4.78, 5) is 115. The number of aliphatic hydroxyl groups is 6. The van der Waals surface area contributed by atoms with Crippen LogP contribution >= 0.6 is 23.7 Å². The normalized spacial score (nSPS) is 26.7. The third-order valence-corrected chi connectivity index (χ3v) is 17.2. The van der Waals surface area contributed by atoms with E-state index >= 15 is 0 Å². The van der Waals surface area contributed by atoms with Gasteiger partial charge < -0.3 is 82.0 Å². The summed E-state index contributed by atoms with van der Waals surface area (Å²) in [6.07, 6.45) is -7.56. The highest BCUT2D eigenvalue weighted by atomic mass is 32.2. The molecule has 1 aromatic heterocycles. The summed E-state index contributed by atoms with van der Waals surface area (Å²) in [5, 5.41) is 113. The van der Waals surface area contributed by atoms with Crippen LogP contribution in [0.4, 0.5) is 0 Å². The third-order valence-electron chi connectivity index (χ3n) is 15.9. The van der Waals surface area contributed by atoms with Gasteiger partial charge in [-0.3, -0.25) is 38.4 Å². The highest BCUT2D eigenvalue weighted by Gasteiger charge is 2.50. The summed E-state index contributed by atoms with van der Waals surface area (Å²) in [5.41, 5.74) is 8.31. The second-order valence-electron chi connectivity index (χ2n) is 22.2. The van der Waals surface area contributed by atoms with E-state index in [0.717, 1.165) is 47.3 Å². The summed E-state index contributed by atoms with van der Waals surface area (Å²) in [6.45, 7) is 0.892.